The van der Waals surface area contributed by atoms with Gasteiger partial charge in [-0.1, -0.05) is 35.2 Å². The quantitative estimate of drug-likeness (QED) is 0.482. The van der Waals surface area contributed by atoms with Crippen molar-refractivity contribution in [3.8, 4) is 0 Å². The molecule has 3 aromatic heterocycles. The maximum Gasteiger partial charge on any atom is 0.225 e. The molecule has 0 spiro atoms. The summed E-state index contributed by atoms with van der Waals surface area (Å²) >= 11 is 4.74. The predicted molar refractivity (Wildman–Crippen MR) is 104 cm³/mol. The number of fused-ring (bicyclic) bond motifs is 3. The van der Waals surface area contributed by atoms with E-state index < -0.39 is 0 Å². The monoisotopic (exact) mass is 389 g/mol. The summed E-state index contributed by atoms with van der Waals surface area (Å²) < 4.78 is 3.29. The topological polar surface area (TPSA) is 63.4 Å². The van der Waals surface area contributed by atoms with Crippen LogP contribution in [0.3, 0.4) is 0 Å². The summed E-state index contributed by atoms with van der Waals surface area (Å²) in [7, 11) is 0. The molecule has 9 heteroatoms. The molecule has 6 nitrogen and oxygen atoms in total. The van der Waals surface area contributed by atoms with Crippen LogP contribution in [0.15, 0.2) is 34.8 Å². The average molecular weight is 390 g/mol. The van der Waals surface area contributed by atoms with Gasteiger partial charge in [0.15, 0.2) is 10.3 Å². The summed E-state index contributed by atoms with van der Waals surface area (Å²) in [5, 5.41) is 12.2. The Hall–Kier alpha value is -1.97. The summed E-state index contributed by atoms with van der Waals surface area (Å²) in [6, 6.07) is 8.23. The summed E-state index contributed by atoms with van der Waals surface area (Å²) in [4.78, 5) is 18.8. The number of carbonyl (C=O) groups excluding carboxylic acids is 1. The molecule has 0 saturated carbocycles. The van der Waals surface area contributed by atoms with E-state index in [1.165, 1.54) is 16.0 Å². The van der Waals surface area contributed by atoms with Crippen molar-refractivity contribution in [3.05, 3.63) is 35.3 Å². The van der Waals surface area contributed by atoms with E-state index in [0.29, 0.717) is 12.3 Å². The van der Waals surface area contributed by atoms with E-state index in [1.54, 1.807) is 34.9 Å². The first-order valence-electron chi connectivity index (χ1n) is 7.75. The smallest absolute Gasteiger partial charge is 0.225 e. The van der Waals surface area contributed by atoms with Crippen LogP contribution in [0.5, 0.6) is 0 Å². The highest BCUT2D eigenvalue weighted by Crippen LogP contribution is 2.31. The number of hydrogen-bond acceptors (Lipinski definition) is 7. The molecule has 3 heterocycles. The molecule has 4 aromatic rings. The lowest BCUT2D eigenvalue weighted by Gasteiger charge is -2.14. The fourth-order valence-corrected chi connectivity index (χ4v) is 5.46. The normalized spacial score (nSPS) is 11.4. The van der Waals surface area contributed by atoms with Gasteiger partial charge in [-0.25, -0.2) is 4.98 Å². The SMILES string of the molecule is CCN(C(C)=O)c1nc(CSc2nnc3sc4ccccc4n23)cs1. The van der Waals surface area contributed by atoms with E-state index >= 15 is 0 Å². The second-order valence-corrected chi connectivity index (χ2v) is 8.13. The van der Waals surface area contributed by atoms with Gasteiger partial charge in [0.1, 0.15) is 0 Å². The molecule has 0 saturated heterocycles. The molecule has 0 aliphatic rings. The van der Waals surface area contributed by atoms with Crippen LogP contribution in [0.4, 0.5) is 5.13 Å². The molecule has 0 bridgehead atoms. The highest BCUT2D eigenvalue weighted by molar-refractivity contribution is 7.98. The van der Waals surface area contributed by atoms with Gasteiger partial charge in [-0.2, -0.15) is 0 Å². The number of nitrogens with zero attached hydrogens (tertiary/aromatic N) is 5. The van der Waals surface area contributed by atoms with E-state index in [1.807, 2.05) is 24.4 Å². The Morgan fingerprint density at radius 3 is 2.96 bits per heavy atom. The molecule has 1 aromatic carbocycles. The van der Waals surface area contributed by atoms with Crippen molar-refractivity contribution in [2.45, 2.75) is 24.8 Å². The Labute approximate surface area is 156 Å². The Balaban J connectivity index is 1.57. The molecule has 0 radical (unpaired) electrons. The van der Waals surface area contributed by atoms with Crippen molar-refractivity contribution in [2.75, 3.05) is 11.4 Å². The summed E-state index contributed by atoms with van der Waals surface area (Å²) in [6.45, 7) is 4.14. The Morgan fingerprint density at radius 1 is 1.32 bits per heavy atom. The van der Waals surface area contributed by atoms with Gasteiger partial charge in [-0.15, -0.1) is 21.5 Å². The maximum atomic E-state index is 11.6. The molecule has 0 aliphatic carbocycles. The van der Waals surface area contributed by atoms with Gasteiger partial charge in [0.05, 0.1) is 15.9 Å². The average Bonchev–Trinajstić information content (AvgIpc) is 3.28. The zero-order chi connectivity index (χ0) is 17.4. The number of aromatic nitrogens is 4. The van der Waals surface area contributed by atoms with Gasteiger partial charge in [-0.05, 0) is 19.1 Å². The predicted octanol–water partition coefficient (Wildman–Crippen LogP) is 4.07. The maximum absolute atomic E-state index is 11.6. The first-order valence-corrected chi connectivity index (χ1v) is 10.4. The molecule has 25 heavy (non-hydrogen) atoms. The molecule has 128 valence electrons. The van der Waals surface area contributed by atoms with Crippen LogP contribution >= 0.6 is 34.4 Å². The molecule has 0 fully saturated rings. The van der Waals surface area contributed by atoms with E-state index in [9.17, 15) is 4.79 Å². The number of amides is 1. The molecule has 1 amide bonds. The first kappa shape index (κ1) is 16.5. The van der Waals surface area contributed by atoms with Crippen molar-refractivity contribution in [2.24, 2.45) is 0 Å². The minimum absolute atomic E-state index is 0.0139. The largest absolute Gasteiger partial charge is 0.289 e. The van der Waals surface area contributed by atoms with Crippen molar-refractivity contribution < 1.29 is 4.79 Å². The number of thioether (sulfide) groups is 1. The molecule has 0 atom stereocenters. The van der Waals surface area contributed by atoms with Crippen LogP contribution in [-0.4, -0.2) is 32.0 Å². The number of para-hydroxylation sites is 1. The van der Waals surface area contributed by atoms with E-state index in [0.717, 1.165) is 26.5 Å². The minimum atomic E-state index is 0.0139. The van der Waals surface area contributed by atoms with Crippen molar-refractivity contribution in [1.82, 2.24) is 19.6 Å². The van der Waals surface area contributed by atoms with Crippen LogP contribution in [0.1, 0.15) is 19.5 Å². The summed E-state index contributed by atoms with van der Waals surface area (Å²) in [5.74, 6) is 0.705. The van der Waals surface area contributed by atoms with Gasteiger partial charge in [0.2, 0.25) is 10.9 Å². The Morgan fingerprint density at radius 2 is 2.16 bits per heavy atom. The zero-order valence-electron chi connectivity index (χ0n) is 13.7. The molecular formula is C16H15N5OS3. The van der Waals surface area contributed by atoms with E-state index in [-0.39, 0.29) is 5.91 Å². The summed E-state index contributed by atoms with van der Waals surface area (Å²) in [6.07, 6.45) is 0. The van der Waals surface area contributed by atoms with Crippen molar-refractivity contribution >= 4 is 60.7 Å². The third kappa shape index (κ3) is 3.03. The number of thiazole rings is 2. The lowest BCUT2D eigenvalue weighted by atomic mass is 10.3. The van der Waals surface area contributed by atoms with Gasteiger partial charge >= 0.3 is 0 Å². The standard InChI is InChI=1S/C16H15N5OS3/c1-3-20(10(2)22)14-17-11(8-23-14)9-24-15-18-19-16-21(15)12-6-4-5-7-13(12)25-16/h4-8H,3,9H2,1-2H3. The molecule has 0 aliphatic heterocycles. The lowest BCUT2D eigenvalue weighted by Crippen LogP contribution is -2.27. The lowest BCUT2D eigenvalue weighted by molar-refractivity contribution is -0.116. The van der Waals surface area contributed by atoms with Gasteiger partial charge in [0.25, 0.3) is 0 Å². The Kier molecular flexibility index (Phi) is 4.45. The van der Waals surface area contributed by atoms with Crippen LogP contribution in [0.2, 0.25) is 0 Å². The first-order chi connectivity index (χ1) is 12.2. The van der Waals surface area contributed by atoms with Gasteiger partial charge in [0, 0.05) is 24.6 Å². The number of rotatable bonds is 5. The van der Waals surface area contributed by atoms with Crippen molar-refractivity contribution in [1.29, 1.82) is 0 Å². The molecule has 4 rings (SSSR count). The number of hydrogen-bond donors (Lipinski definition) is 0. The van der Waals surface area contributed by atoms with Gasteiger partial charge < -0.3 is 0 Å². The second-order valence-electron chi connectivity index (χ2n) is 5.34. The third-order valence-corrected chi connectivity index (χ3v) is 6.61. The fraction of sp³-hybridized carbons (Fsp3) is 0.250. The number of anilines is 1. The van der Waals surface area contributed by atoms with E-state index in [2.05, 4.69) is 31.7 Å². The van der Waals surface area contributed by atoms with E-state index in [4.69, 9.17) is 0 Å². The number of carbonyl (C=O) groups is 1. The molecular weight excluding hydrogens is 374 g/mol. The summed E-state index contributed by atoms with van der Waals surface area (Å²) in [5.41, 5.74) is 2.07. The van der Waals surface area contributed by atoms with Crippen LogP contribution in [-0.2, 0) is 10.5 Å². The molecule has 0 N–H and O–H groups in total. The second kappa shape index (κ2) is 6.74. The van der Waals surface area contributed by atoms with Gasteiger partial charge in [-0.3, -0.25) is 14.1 Å². The molecule has 0 unspecified atom stereocenters. The van der Waals surface area contributed by atoms with Crippen LogP contribution in [0, 0.1) is 0 Å². The highest BCUT2D eigenvalue weighted by atomic mass is 32.2. The fourth-order valence-electron chi connectivity index (χ4n) is 2.57. The van der Waals surface area contributed by atoms with Crippen molar-refractivity contribution in [3.63, 3.8) is 0 Å². The minimum Gasteiger partial charge on any atom is -0.289 e. The highest BCUT2D eigenvalue weighted by Gasteiger charge is 2.16. The third-order valence-electron chi connectivity index (χ3n) is 3.73. The van der Waals surface area contributed by atoms with Crippen LogP contribution in [0.25, 0.3) is 15.2 Å². The zero-order valence-corrected chi connectivity index (χ0v) is 16.1. The Bertz CT molecular complexity index is 1050. The van der Waals surface area contributed by atoms with Crippen LogP contribution < -0.4 is 4.90 Å². The number of benzene rings is 1.